The number of imidazole rings is 1. The van der Waals surface area contributed by atoms with E-state index in [0.717, 1.165) is 23.2 Å². The molecule has 0 bridgehead atoms. The second-order valence-electron chi connectivity index (χ2n) is 5.26. The summed E-state index contributed by atoms with van der Waals surface area (Å²) < 4.78 is 37.4. The number of hydrazone groups is 1. The van der Waals surface area contributed by atoms with Gasteiger partial charge in [-0.15, -0.1) is 0 Å². The highest BCUT2D eigenvalue weighted by Gasteiger charge is 2.29. The van der Waals surface area contributed by atoms with Crippen LogP contribution >= 0.6 is 11.8 Å². The Kier molecular flexibility index (Phi) is 5.27. The molecule has 0 aliphatic rings. The number of amides is 1. The zero-order chi connectivity index (χ0) is 18.6. The number of rotatable bonds is 5. The van der Waals surface area contributed by atoms with Gasteiger partial charge in [-0.05, 0) is 29.8 Å². The first-order valence-electron chi connectivity index (χ1n) is 7.48. The lowest BCUT2D eigenvalue weighted by molar-refractivity contribution is -0.137. The van der Waals surface area contributed by atoms with Gasteiger partial charge in [0.1, 0.15) is 0 Å². The summed E-state index contributed by atoms with van der Waals surface area (Å²) in [4.78, 5) is 19.2. The number of nitrogens with one attached hydrogen (secondary N) is 2. The van der Waals surface area contributed by atoms with E-state index < -0.39 is 11.7 Å². The minimum Gasteiger partial charge on any atom is -0.333 e. The number of H-pyrrole nitrogens is 1. The van der Waals surface area contributed by atoms with Crippen LogP contribution in [0.1, 0.15) is 11.1 Å². The first kappa shape index (κ1) is 18.0. The van der Waals surface area contributed by atoms with Crippen molar-refractivity contribution in [2.24, 2.45) is 5.10 Å². The highest BCUT2D eigenvalue weighted by molar-refractivity contribution is 7.99. The number of aromatic nitrogens is 2. The van der Waals surface area contributed by atoms with Crippen LogP contribution in [-0.2, 0) is 11.0 Å². The number of para-hydroxylation sites is 2. The van der Waals surface area contributed by atoms with Gasteiger partial charge in [-0.1, -0.05) is 36.0 Å². The molecule has 3 rings (SSSR count). The quantitative estimate of drug-likeness (QED) is 0.403. The summed E-state index contributed by atoms with van der Waals surface area (Å²) >= 11 is 1.23. The summed E-state index contributed by atoms with van der Waals surface area (Å²) in [7, 11) is 0. The fraction of sp³-hybridized carbons (Fsp3) is 0.118. The lowest BCUT2D eigenvalue weighted by Crippen LogP contribution is -2.19. The lowest BCUT2D eigenvalue weighted by atomic mass is 10.1. The van der Waals surface area contributed by atoms with Crippen molar-refractivity contribution in [3.8, 4) is 0 Å². The molecule has 0 saturated heterocycles. The highest BCUT2D eigenvalue weighted by Crippen LogP contribution is 2.28. The number of thioether (sulfide) groups is 1. The Morgan fingerprint density at radius 1 is 1.19 bits per heavy atom. The van der Waals surface area contributed by atoms with Gasteiger partial charge in [0.15, 0.2) is 5.16 Å². The van der Waals surface area contributed by atoms with E-state index in [1.54, 1.807) is 0 Å². The van der Waals surface area contributed by atoms with Crippen molar-refractivity contribution in [3.63, 3.8) is 0 Å². The number of hydrogen-bond acceptors (Lipinski definition) is 4. The van der Waals surface area contributed by atoms with Crippen molar-refractivity contribution in [1.82, 2.24) is 15.4 Å². The van der Waals surface area contributed by atoms with E-state index in [0.29, 0.717) is 10.7 Å². The van der Waals surface area contributed by atoms with Crippen LogP contribution in [-0.4, -0.2) is 27.8 Å². The molecule has 9 heteroatoms. The molecule has 1 amide bonds. The number of fused-ring (bicyclic) bond motifs is 1. The van der Waals surface area contributed by atoms with Gasteiger partial charge in [0.05, 0.1) is 28.6 Å². The Morgan fingerprint density at radius 2 is 1.92 bits per heavy atom. The van der Waals surface area contributed by atoms with E-state index in [2.05, 4.69) is 20.5 Å². The van der Waals surface area contributed by atoms with Crippen molar-refractivity contribution < 1.29 is 18.0 Å². The number of carbonyl (C=O) groups is 1. The number of carbonyl (C=O) groups excluding carboxylic acids is 1. The van der Waals surface area contributed by atoms with Gasteiger partial charge in [0.25, 0.3) is 5.91 Å². The second kappa shape index (κ2) is 7.61. The van der Waals surface area contributed by atoms with Gasteiger partial charge < -0.3 is 4.98 Å². The maximum Gasteiger partial charge on any atom is 0.416 e. The average molecular weight is 378 g/mol. The van der Waals surface area contributed by atoms with E-state index in [-0.39, 0.29) is 11.7 Å². The van der Waals surface area contributed by atoms with E-state index in [1.165, 1.54) is 30.1 Å². The van der Waals surface area contributed by atoms with Crippen LogP contribution in [0.25, 0.3) is 11.0 Å². The summed E-state index contributed by atoms with van der Waals surface area (Å²) in [5.74, 6) is -0.247. The predicted octanol–water partition coefficient (Wildman–Crippen LogP) is 3.82. The maximum atomic E-state index is 12.5. The van der Waals surface area contributed by atoms with Crippen molar-refractivity contribution in [2.75, 3.05) is 5.75 Å². The van der Waals surface area contributed by atoms with Gasteiger partial charge in [0.2, 0.25) is 0 Å². The fourth-order valence-corrected chi connectivity index (χ4v) is 2.78. The first-order valence-corrected chi connectivity index (χ1v) is 8.47. The summed E-state index contributed by atoms with van der Waals surface area (Å²) in [6.45, 7) is 0. The molecule has 2 N–H and O–H groups in total. The van der Waals surface area contributed by atoms with Gasteiger partial charge in [-0.3, -0.25) is 4.79 Å². The van der Waals surface area contributed by atoms with Crippen LogP contribution in [0.5, 0.6) is 0 Å². The van der Waals surface area contributed by atoms with E-state index in [4.69, 9.17) is 0 Å². The van der Waals surface area contributed by atoms with Gasteiger partial charge in [-0.2, -0.15) is 18.3 Å². The third kappa shape index (κ3) is 4.63. The molecule has 26 heavy (non-hydrogen) atoms. The summed E-state index contributed by atoms with van der Waals surface area (Å²) in [5, 5.41) is 4.36. The number of aromatic amines is 1. The van der Waals surface area contributed by atoms with E-state index in [1.807, 2.05) is 24.3 Å². The van der Waals surface area contributed by atoms with Crippen LogP contribution < -0.4 is 5.43 Å². The molecular formula is C17H13F3N4OS. The van der Waals surface area contributed by atoms with Crippen LogP contribution in [0.15, 0.2) is 58.8 Å². The predicted molar refractivity (Wildman–Crippen MR) is 94.0 cm³/mol. The molecule has 0 unspecified atom stereocenters. The molecule has 0 atom stereocenters. The van der Waals surface area contributed by atoms with Gasteiger partial charge in [0, 0.05) is 0 Å². The third-order valence-electron chi connectivity index (χ3n) is 3.35. The third-order valence-corrected chi connectivity index (χ3v) is 4.22. The molecule has 1 aromatic heterocycles. The minimum atomic E-state index is -4.38. The number of hydrogen-bond donors (Lipinski definition) is 2. The monoisotopic (exact) mass is 378 g/mol. The molecule has 0 aliphatic heterocycles. The Morgan fingerprint density at radius 3 is 2.62 bits per heavy atom. The lowest BCUT2D eigenvalue weighted by Gasteiger charge is -2.05. The van der Waals surface area contributed by atoms with Crippen molar-refractivity contribution in [3.05, 3.63) is 59.7 Å². The van der Waals surface area contributed by atoms with Crippen molar-refractivity contribution in [1.29, 1.82) is 0 Å². The smallest absolute Gasteiger partial charge is 0.333 e. The minimum absolute atomic E-state index is 0.101. The molecule has 2 aromatic carbocycles. The van der Waals surface area contributed by atoms with Crippen LogP contribution in [0.4, 0.5) is 13.2 Å². The van der Waals surface area contributed by atoms with Gasteiger partial charge in [-0.25, -0.2) is 10.4 Å². The van der Waals surface area contributed by atoms with Crippen LogP contribution in [0, 0.1) is 0 Å². The summed E-state index contributed by atoms with van der Waals surface area (Å²) in [6, 6.07) is 12.0. The molecule has 134 valence electrons. The Balaban J connectivity index is 1.49. The largest absolute Gasteiger partial charge is 0.416 e. The van der Waals surface area contributed by atoms with E-state index >= 15 is 0 Å². The summed E-state index contributed by atoms with van der Waals surface area (Å²) in [6.07, 6.45) is -3.10. The number of halogens is 3. The van der Waals surface area contributed by atoms with Crippen molar-refractivity contribution >= 4 is 34.9 Å². The Hall–Kier alpha value is -2.81. The SMILES string of the molecule is O=C(CSc1nc2ccccc2[nH]1)N/N=C\c1ccc(C(F)(F)F)cc1. The maximum absolute atomic E-state index is 12.5. The average Bonchev–Trinajstić information content (AvgIpc) is 3.03. The Labute approximate surface area is 150 Å². The summed E-state index contributed by atoms with van der Waals surface area (Å²) in [5.41, 5.74) is 3.74. The molecule has 0 radical (unpaired) electrons. The number of alkyl halides is 3. The fourth-order valence-electron chi connectivity index (χ4n) is 2.10. The number of nitrogens with zero attached hydrogens (tertiary/aromatic N) is 2. The first-order chi connectivity index (χ1) is 12.4. The molecule has 0 saturated carbocycles. The van der Waals surface area contributed by atoms with Crippen LogP contribution in [0.2, 0.25) is 0 Å². The molecule has 0 spiro atoms. The number of benzene rings is 2. The molecule has 0 fully saturated rings. The molecule has 0 aliphatic carbocycles. The van der Waals surface area contributed by atoms with Crippen molar-refractivity contribution in [2.45, 2.75) is 11.3 Å². The molecule has 1 heterocycles. The van der Waals surface area contributed by atoms with E-state index in [9.17, 15) is 18.0 Å². The zero-order valence-corrected chi connectivity index (χ0v) is 14.1. The zero-order valence-electron chi connectivity index (χ0n) is 13.2. The standard InChI is InChI=1S/C17H13F3N4OS/c18-17(19,20)12-7-5-11(6-8-12)9-21-24-15(25)10-26-16-22-13-3-1-2-4-14(13)23-16/h1-9H,10H2,(H,22,23)(H,24,25)/b21-9-. The van der Waals surface area contributed by atoms with Gasteiger partial charge >= 0.3 is 6.18 Å². The molecule has 5 nitrogen and oxygen atoms in total. The highest BCUT2D eigenvalue weighted by atomic mass is 32.2. The molecule has 3 aromatic rings. The Bertz CT molecular complexity index is 902. The second-order valence-corrected chi connectivity index (χ2v) is 6.22. The molecular weight excluding hydrogens is 365 g/mol. The normalized spacial score (nSPS) is 12.0. The topological polar surface area (TPSA) is 70.1 Å². The van der Waals surface area contributed by atoms with Crippen LogP contribution in [0.3, 0.4) is 0 Å².